The third kappa shape index (κ3) is 4.83. The summed E-state index contributed by atoms with van der Waals surface area (Å²) >= 11 is 6.43. The van der Waals surface area contributed by atoms with E-state index in [1.807, 2.05) is 49.4 Å². The van der Waals surface area contributed by atoms with E-state index in [2.05, 4.69) is 20.3 Å². The first kappa shape index (κ1) is 25.4. The number of nitrogens with zero attached hydrogens (tertiary/aromatic N) is 4. The molecule has 11 heteroatoms. The summed E-state index contributed by atoms with van der Waals surface area (Å²) in [6, 6.07) is 19.2. The molecule has 2 aromatic carbocycles. The van der Waals surface area contributed by atoms with Gasteiger partial charge < -0.3 is 11.1 Å². The van der Waals surface area contributed by atoms with E-state index in [-0.39, 0.29) is 16.5 Å². The quantitative estimate of drug-likeness (QED) is 0.314. The first-order chi connectivity index (χ1) is 18.1. The maximum Gasteiger partial charge on any atom is 0.264 e. The minimum Gasteiger partial charge on any atom is -0.368 e. The molecule has 0 spiro atoms. The third-order valence-electron chi connectivity index (χ3n) is 6.07. The fourth-order valence-corrected chi connectivity index (χ4v) is 5.08. The van der Waals surface area contributed by atoms with Crippen LogP contribution >= 0.6 is 11.6 Å². The summed E-state index contributed by atoms with van der Waals surface area (Å²) in [4.78, 5) is 26.3. The van der Waals surface area contributed by atoms with Crippen LogP contribution in [0.2, 0.25) is 5.02 Å². The standard InChI is InChI=1S/C27H23ClN6O3S/c1-16(32-25-20(15-31-27(29)33-25)18-11-12-23(30-14-18)38(2,36)37)22-13-17-7-6-10-21(28)24(17)26(35)34(22)19-8-4-3-5-9-19/h3-16H,1-2H3,(H3,29,31,32,33)/t16-/m0/s1. The van der Waals surface area contributed by atoms with E-state index in [1.54, 1.807) is 29.0 Å². The molecule has 0 aliphatic heterocycles. The second-order valence-corrected chi connectivity index (χ2v) is 11.1. The molecule has 1 atom stereocenters. The Labute approximate surface area is 223 Å². The summed E-state index contributed by atoms with van der Waals surface area (Å²) < 4.78 is 25.3. The number of para-hydroxylation sites is 1. The molecule has 0 radical (unpaired) electrons. The van der Waals surface area contributed by atoms with Crippen molar-refractivity contribution < 1.29 is 8.42 Å². The lowest BCUT2D eigenvalue weighted by Crippen LogP contribution is -2.26. The van der Waals surface area contributed by atoms with Gasteiger partial charge in [0.2, 0.25) is 5.95 Å². The smallest absolute Gasteiger partial charge is 0.264 e. The van der Waals surface area contributed by atoms with Gasteiger partial charge in [-0.3, -0.25) is 9.36 Å². The maximum atomic E-state index is 13.7. The molecule has 5 aromatic rings. The van der Waals surface area contributed by atoms with Crippen LogP contribution in [0, 0.1) is 0 Å². The molecule has 38 heavy (non-hydrogen) atoms. The summed E-state index contributed by atoms with van der Waals surface area (Å²) in [5, 5.41) is 4.83. The Morgan fingerprint density at radius 1 is 1.00 bits per heavy atom. The predicted molar refractivity (Wildman–Crippen MR) is 149 cm³/mol. The van der Waals surface area contributed by atoms with Gasteiger partial charge in [-0.1, -0.05) is 41.9 Å². The van der Waals surface area contributed by atoms with Crippen LogP contribution in [0.3, 0.4) is 0 Å². The molecule has 192 valence electrons. The van der Waals surface area contributed by atoms with E-state index in [0.717, 1.165) is 6.26 Å². The third-order valence-corrected chi connectivity index (χ3v) is 7.39. The lowest BCUT2D eigenvalue weighted by Gasteiger charge is -2.22. The first-order valence-corrected chi connectivity index (χ1v) is 13.9. The van der Waals surface area contributed by atoms with E-state index in [1.165, 1.54) is 12.3 Å². The Morgan fingerprint density at radius 2 is 1.76 bits per heavy atom. The summed E-state index contributed by atoms with van der Waals surface area (Å²) in [6.45, 7) is 1.90. The molecule has 0 fully saturated rings. The summed E-state index contributed by atoms with van der Waals surface area (Å²) in [7, 11) is -3.45. The van der Waals surface area contributed by atoms with Crippen molar-refractivity contribution in [2.75, 3.05) is 17.3 Å². The monoisotopic (exact) mass is 546 g/mol. The van der Waals surface area contributed by atoms with Crippen LogP contribution in [0.15, 0.2) is 88.9 Å². The van der Waals surface area contributed by atoms with Crippen LogP contribution in [0.4, 0.5) is 11.8 Å². The molecule has 0 saturated heterocycles. The largest absolute Gasteiger partial charge is 0.368 e. The highest BCUT2D eigenvalue weighted by atomic mass is 35.5. The molecule has 3 N–H and O–H groups in total. The Morgan fingerprint density at radius 3 is 2.45 bits per heavy atom. The van der Waals surface area contributed by atoms with Crippen molar-refractivity contribution in [2.24, 2.45) is 0 Å². The van der Waals surface area contributed by atoms with Gasteiger partial charge in [0.15, 0.2) is 14.9 Å². The highest BCUT2D eigenvalue weighted by Gasteiger charge is 2.20. The van der Waals surface area contributed by atoms with Crippen LogP contribution in [0.5, 0.6) is 0 Å². The first-order valence-electron chi connectivity index (χ1n) is 11.6. The minimum absolute atomic E-state index is 0.0396. The number of hydrogen-bond acceptors (Lipinski definition) is 8. The van der Waals surface area contributed by atoms with Crippen molar-refractivity contribution in [1.29, 1.82) is 0 Å². The van der Waals surface area contributed by atoms with E-state index < -0.39 is 15.9 Å². The number of hydrogen-bond donors (Lipinski definition) is 2. The van der Waals surface area contributed by atoms with Gasteiger partial charge in [-0.05, 0) is 48.7 Å². The number of halogens is 1. The highest BCUT2D eigenvalue weighted by molar-refractivity contribution is 7.90. The van der Waals surface area contributed by atoms with Crippen molar-refractivity contribution in [2.45, 2.75) is 18.0 Å². The van der Waals surface area contributed by atoms with Gasteiger partial charge in [-0.25, -0.2) is 18.4 Å². The predicted octanol–water partition coefficient (Wildman–Crippen LogP) is 4.65. The molecule has 3 heterocycles. The second kappa shape index (κ2) is 9.88. The topological polar surface area (TPSA) is 133 Å². The van der Waals surface area contributed by atoms with Crippen LogP contribution in [-0.2, 0) is 9.84 Å². The number of benzene rings is 2. The Bertz CT molecular complexity index is 1820. The van der Waals surface area contributed by atoms with Gasteiger partial charge in [0.25, 0.3) is 5.56 Å². The molecule has 0 bridgehead atoms. The number of nitrogens with two attached hydrogens (primary N) is 1. The SMILES string of the molecule is C[C@H](Nc1nc(N)ncc1-c1ccc(S(C)(=O)=O)nc1)c1cc2cccc(Cl)c2c(=O)n1-c1ccccc1. The van der Waals surface area contributed by atoms with Crippen LogP contribution < -0.4 is 16.6 Å². The zero-order chi connectivity index (χ0) is 27.0. The fourth-order valence-electron chi connectivity index (χ4n) is 4.26. The van der Waals surface area contributed by atoms with Gasteiger partial charge in [0.05, 0.1) is 16.5 Å². The van der Waals surface area contributed by atoms with E-state index in [0.29, 0.717) is 44.1 Å². The number of nitrogens with one attached hydrogen (secondary N) is 1. The summed E-state index contributed by atoms with van der Waals surface area (Å²) in [6.07, 6.45) is 4.08. The molecular formula is C27H23ClN6O3S. The van der Waals surface area contributed by atoms with Gasteiger partial charge in [-0.15, -0.1) is 0 Å². The minimum atomic E-state index is -3.45. The molecule has 0 unspecified atom stereocenters. The van der Waals surface area contributed by atoms with Crippen LogP contribution in [-0.4, -0.2) is 34.2 Å². The Kier molecular flexibility index (Phi) is 6.60. The van der Waals surface area contributed by atoms with Crippen molar-refractivity contribution >= 4 is 44.0 Å². The second-order valence-electron chi connectivity index (χ2n) is 8.76. The number of aromatic nitrogens is 4. The van der Waals surface area contributed by atoms with E-state index in [9.17, 15) is 13.2 Å². The lowest BCUT2D eigenvalue weighted by atomic mass is 10.1. The van der Waals surface area contributed by atoms with E-state index >= 15 is 0 Å². The number of nitrogen functional groups attached to an aromatic ring is 1. The molecular weight excluding hydrogens is 524 g/mol. The van der Waals surface area contributed by atoms with Crippen molar-refractivity contribution in [3.63, 3.8) is 0 Å². The maximum absolute atomic E-state index is 13.7. The molecule has 3 aromatic heterocycles. The zero-order valence-corrected chi connectivity index (χ0v) is 22.0. The zero-order valence-electron chi connectivity index (χ0n) is 20.5. The molecule has 9 nitrogen and oxygen atoms in total. The molecule has 0 saturated carbocycles. The van der Waals surface area contributed by atoms with E-state index in [4.69, 9.17) is 17.3 Å². The molecule has 5 rings (SSSR count). The van der Waals surface area contributed by atoms with Crippen molar-refractivity contribution in [3.05, 3.63) is 100 Å². The van der Waals surface area contributed by atoms with Gasteiger partial charge in [0, 0.05) is 41.2 Å². The van der Waals surface area contributed by atoms with Gasteiger partial charge in [0.1, 0.15) is 5.82 Å². The molecule has 0 amide bonds. The van der Waals surface area contributed by atoms with Gasteiger partial charge >= 0.3 is 0 Å². The summed E-state index contributed by atoms with van der Waals surface area (Å²) in [5.41, 5.74) is 8.18. The molecule has 0 aliphatic rings. The number of pyridine rings is 2. The lowest BCUT2D eigenvalue weighted by molar-refractivity contribution is 0.598. The van der Waals surface area contributed by atoms with Crippen LogP contribution in [0.1, 0.15) is 18.7 Å². The number of rotatable bonds is 6. The number of fused-ring (bicyclic) bond motifs is 1. The molecule has 0 aliphatic carbocycles. The average Bonchev–Trinajstić information content (AvgIpc) is 2.88. The van der Waals surface area contributed by atoms with Crippen LogP contribution in [0.25, 0.3) is 27.6 Å². The Balaban J connectivity index is 1.63. The normalized spacial score (nSPS) is 12.4. The number of sulfone groups is 1. The van der Waals surface area contributed by atoms with Gasteiger partial charge in [-0.2, -0.15) is 4.98 Å². The average molecular weight is 547 g/mol. The summed E-state index contributed by atoms with van der Waals surface area (Å²) in [5.74, 6) is 0.451. The van der Waals surface area contributed by atoms with Crippen molar-refractivity contribution in [3.8, 4) is 16.8 Å². The number of anilines is 2. The van der Waals surface area contributed by atoms with Crippen molar-refractivity contribution in [1.82, 2.24) is 19.5 Å². The highest BCUT2D eigenvalue weighted by Crippen LogP contribution is 2.31. The Hall–Kier alpha value is -4.28. The fraction of sp³-hybridized carbons (Fsp3) is 0.111.